The van der Waals surface area contributed by atoms with Crippen molar-refractivity contribution in [3.63, 3.8) is 0 Å². The van der Waals surface area contributed by atoms with Crippen LogP contribution >= 0.6 is 11.8 Å². The van der Waals surface area contributed by atoms with Crippen LogP contribution in [0, 0.1) is 0 Å². The SMILES string of the molecule is CCSCC(Cc1ccc(C(F)(F)F)cc1)NC. The lowest BCUT2D eigenvalue weighted by molar-refractivity contribution is -0.137. The predicted octanol–water partition coefficient (Wildman–Crippen LogP) is 3.59. The van der Waals surface area contributed by atoms with Gasteiger partial charge < -0.3 is 5.32 Å². The number of thioether (sulfide) groups is 1. The van der Waals surface area contributed by atoms with E-state index in [1.54, 1.807) is 12.1 Å². The highest BCUT2D eigenvalue weighted by Gasteiger charge is 2.29. The van der Waals surface area contributed by atoms with Gasteiger partial charge in [-0.05, 0) is 36.9 Å². The molecule has 0 aliphatic rings. The number of nitrogens with one attached hydrogen (secondary N) is 1. The smallest absolute Gasteiger partial charge is 0.316 e. The number of benzene rings is 1. The molecular formula is C13H18F3NS. The van der Waals surface area contributed by atoms with Crippen LogP contribution in [0.5, 0.6) is 0 Å². The largest absolute Gasteiger partial charge is 0.416 e. The molecule has 0 aliphatic heterocycles. The lowest BCUT2D eigenvalue weighted by Crippen LogP contribution is -2.30. The van der Waals surface area contributed by atoms with Crippen LogP contribution in [-0.2, 0) is 12.6 Å². The van der Waals surface area contributed by atoms with Crippen molar-refractivity contribution in [2.24, 2.45) is 0 Å². The number of alkyl halides is 3. The summed E-state index contributed by atoms with van der Waals surface area (Å²) in [5.74, 6) is 2.01. The molecule has 1 atom stereocenters. The molecule has 102 valence electrons. The summed E-state index contributed by atoms with van der Waals surface area (Å²) in [5, 5.41) is 3.19. The van der Waals surface area contributed by atoms with Crippen molar-refractivity contribution >= 4 is 11.8 Å². The van der Waals surface area contributed by atoms with Gasteiger partial charge in [0.15, 0.2) is 0 Å². The van der Waals surface area contributed by atoms with Gasteiger partial charge >= 0.3 is 6.18 Å². The maximum Gasteiger partial charge on any atom is 0.416 e. The van der Waals surface area contributed by atoms with Gasteiger partial charge in [-0.25, -0.2) is 0 Å². The van der Waals surface area contributed by atoms with E-state index in [-0.39, 0.29) is 0 Å². The van der Waals surface area contributed by atoms with Crippen molar-refractivity contribution in [3.05, 3.63) is 35.4 Å². The first-order chi connectivity index (χ1) is 8.47. The molecule has 0 aromatic heterocycles. The third-order valence-electron chi connectivity index (χ3n) is 2.69. The number of likely N-dealkylation sites (N-methyl/N-ethyl adjacent to an activating group) is 1. The molecule has 0 bridgehead atoms. The maximum atomic E-state index is 12.4. The Kier molecular flexibility index (Phi) is 6.02. The van der Waals surface area contributed by atoms with Gasteiger partial charge in [-0.2, -0.15) is 24.9 Å². The van der Waals surface area contributed by atoms with Gasteiger partial charge in [-0.1, -0.05) is 19.1 Å². The summed E-state index contributed by atoms with van der Waals surface area (Å²) in [5.41, 5.74) is 0.342. The molecule has 1 aromatic carbocycles. The minimum Gasteiger partial charge on any atom is -0.316 e. The third-order valence-corrected chi connectivity index (χ3v) is 3.74. The normalized spacial score (nSPS) is 13.6. The average molecular weight is 277 g/mol. The predicted molar refractivity (Wildman–Crippen MR) is 71.0 cm³/mol. The molecule has 0 heterocycles. The van der Waals surface area contributed by atoms with E-state index in [9.17, 15) is 13.2 Å². The first-order valence-electron chi connectivity index (χ1n) is 5.88. The molecule has 0 saturated heterocycles. The van der Waals surface area contributed by atoms with Gasteiger partial charge in [0, 0.05) is 11.8 Å². The van der Waals surface area contributed by atoms with Crippen LogP contribution in [0.4, 0.5) is 13.2 Å². The minimum absolute atomic E-state index is 0.298. The van der Waals surface area contributed by atoms with Gasteiger partial charge in [-0.3, -0.25) is 0 Å². The lowest BCUT2D eigenvalue weighted by Gasteiger charge is -2.16. The second kappa shape index (κ2) is 7.04. The Morgan fingerprint density at radius 2 is 1.83 bits per heavy atom. The molecule has 18 heavy (non-hydrogen) atoms. The van der Waals surface area contributed by atoms with Crippen LogP contribution in [0.2, 0.25) is 0 Å². The highest BCUT2D eigenvalue weighted by Crippen LogP contribution is 2.29. The highest BCUT2D eigenvalue weighted by molar-refractivity contribution is 7.99. The van der Waals surface area contributed by atoms with Gasteiger partial charge in [0.05, 0.1) is 5.56 Å². The van der Waals surface area contributed by atoms with Crippen LogP contribution in [0.15, 0.2) is 24.3 Å². The Bertz CT molecular complexity index is 348. The van der Waals surface area contributed by atoms with E-state index in [0.717, 1.165) is 35.6 Å². The Labute approximate surface area is 110 Å². The Morgan fingerprint density at radius 3 is 2.28 bits per heavy atom. The molecule has 1 rings (SSSR count). The minimum atomic E-state index is -4.25. The van der Waals surface area contributed by atoms with Crippen molar-refractivity contribution in [1.82, 2.24) is 5.32 Å². The zero-order valence-corrected chi connectivity index (χ0v) is 11.4. The summed E-state index contributed by atoms with van der Waals surface area (Å²) < 4.78 is 37.2. The van der Waals surface area contributed by atoms with E-state index in [4.69, 9.17) is 0 Å². The van der Waals surface area contributed by atoms with Crippen molar-refractivity contribution < 1.29 is 13.2 Å². The maximum absolute atomic E-state index is 12.4. The molecule has 0 spiro atoms. The number of rotatable bonds is 6. The van der Waals surface area contributed by atoms with E-state index >= 15 is 0 Å². The van der Waals surface area contributed by atoms with E-state index < -0.39 is 11.7 Å². The van der Waals surface area contributed by atoms with Gasteiger partial charge in [0.1, 0.15) is 0 Å². The molecule has 1 aromatic rings. The molecule has 5 heteroatoms. The number of halogens is 3. The monoisotopic (exact) mass is 277 g/mol. The molecule has 1 nitrogen and oxygen atoms in total. The van der Waals surface area contributed by atoms with E-state index in [1.165, 1.54) is 0 Å². The van der Waals surface area contributed by atoms with Crippen molar-refractivity contribution in [3.8, 4) is 0 Å². The van der Waals surface area contributed by atoms with Crippen LogP contribution < -0.4 is 5.32 Å². The molecule has 1 N–H and O–H groups in total. The molecule has 0 fully saturated rings. The average Bonchev–Trinajstić information content (AvgIpc) is 2.34. The Hall–Kier alpha value is -0.680. The Morgan fingerprint density at radius 1 is 1.22 bits per heavy atom. The van der Waals surface area contributed by atoms with Gasteiger partial charge in [0.2, 0.25) is 0 Å². The zero-order valence-electron chi connectivity index (χ0n) is 10.6. The van der Waals surface area contributed by atoms with Gasteiger partial charge in [0.25, 0.3) is 0 Å². The standard InChI is InChI=1S/C13H18F3NS/c1-3-18-9-12(17-2)8-10-4-6-11(7-5-10)13(14,15)16/h4-7,12,17H,3,8-9H2,1-2H3. The fraction of sp³-hybridized carbons (Fsp3) is 0.538. The number of hydrogen-bond acceptors (Lipinski definition) is 2. The van der Waals surface area contributed by atoms with Crippen molar-refractivity contribution in [2.75, 3.05) is 18.6 Å². The van der Waals surface area contributed by atoms with Crippen molar-refractivity contribution in [1.29, 1.82) is 0 Å². The summed E-state index contributed by atoms with van der Waals surface area (Å²) >= 11 is 1.82. The van der Waals surface area contributed by atoms with Crippen LogP contribution in [0.1, 0.15) is 18.1 Å². The first-order valence-corrected chi connectivity index (χ1v) is 7.04. The molecule has 1 unspecified atom stereocenters. The molecule has 0 radical (unpaired) electrons. The second-order valence-electron chi connectivity index (χ2n) is 4.04. The fourth-order valence-corrected chi connectivity index (χ4v) is 2.42. The lowest BCUT2D eigenvalue weighted by atomic mass is 10.1. The first kappa shape index (κ1) is 15.4. The van der Waals surface area contributed by atoms with E-state index in [2.05, 4.69) is 12.2 Å². The fourth-order valence-electron chi connectivity index (χ4n) is 1.62. The summed E-state index contributed by atoms with van der Waals surface area (Å²) in [7, 11) is 1.88. The summed E-state index contributed by atoms with van der Waals surface area (Å²) in [6.07, 6.45) is -3.50. The topological polar surface area (TPSA) is 12.0 Å². The second-order valence-corrected chi connectivity index (χ2v) is 5.36. The van der Waals surface area contributed by atoms with Crippen LogP contribution in [-0.4, -0.2) is 24.6 Å². The zero-order chi connectivity index (χ0) is 13.6. The van der Waals surface area contributed by atoms with Gasteiger partial charge in [-0.15, -0.1) is 0 Å². The third kappa shape index (κ3) is 4.90. The Balaban J connectivity index is 2.62. The van der Waals surface area contributed by atoms with Crippen molar-refractivity contribution in [2.45, 2.75) is 25.6 Å². The van der Waals surface area contributed by atoms with E-state index in [0.29, 0.717) is 6.04 Å². The number of hydrogen-bond donors (Lipinski definition) is 1. The van der Waals surface area contributed by atoms with E-state index in [1.807, 2.05) is 18.8 Å². The molecule has 0 saturated carbocycles. The molecule has 0 amide bonds. The van der Waals surface area contributed by atoms with Crippen LogP contribution in [0.25, 0.3) is 0 Å². The van der Waals surface area contributed by atoms with Crippen LogP contribution in [0.3, 0.4) is 0 Å². The summed E-state index contributed by atoms with van der Waals surface area (Å²) in [4.78, 5) is 0. The molecule has 0 aliphatic carbocycles. The summed E-state index contributed by atoms with van der Waals surface area (Å²) in [6.45, 7) is 2.09. The highest BCUT2D eigenvalue weighted by atomic mass is 32.2. The quantitative estimate of drug-likeness (QED) is 0.853. The summed E-state index contributed by atoms with van der Waals surface area (Å²) in [6, 6.07) is 5.71. The molecular weight excluding hydrogens is 259 g/mol.